The molecule has 1 aliphatic rings. The molecule has 0 spiro atoms. The number of piperidine rings is 1. The molecule has 1 saturated heterocycles. The predicted molar refractivity (Wildman–Crippen MR) is 78.5 cm³/mol. The van der Waals surface area contributed by atoms with Crippen molar-refractivity contribution in [3.8, 4) is 0 Å². The van der Waals surface area contributed by atoms with E-state index in [4.69, 9.17) is 5.11 Å². The van der Waals surface area contributed by atoms with Crippen LogP contribution in [0, 0.1) is 0 Å². The van der Waals surface area contributed by atoms with E-state index in [-0.39, 0.29) is 18.4 Å². The number of carboxylic acids is 1. The highest BCUT2D eigenvalue weighted by Crippen LogP contribution is 2.22. The predicted octanol–water partition coefficient (Wildman–Crippen LogP) is 2.77. The number of thioether (sulfide) groups is 1. The van der Waals surface area contributed by atoms with Crippen LogP contribution in [-0.2, 0) is 9.59 Å². The van der Waals surface area contributed by atoms with E-state index < -0.39 is 5.97 Å². The van der Waals surface area contributed by atoms with Gasteiger partial charge in [-0.05, 0) is 37.9 Å². The highest BCUT2D eigenvalue weighted by atomic mass is 32.2. The first-order chi connectivity index (χ1) is 9.15. The van der Waals surface area contributed by atoms with Crippen molar-refractivity contribution in [1.29, 1.82) is 0 Å². The lowest BCUT2D eigenvalue weighted by Gasteiger charge is -2.35. The van der Waals surface area contributed by atoms with Crippen LogP contribution >= 0.6 is 11.8 Å². The highest BCUT2D eigenvalue weighted by molar-refractivity contribution is 7.99. The zero-order valence-corrected chi connectivity index (χ0v) is 12.6. The van der Waals surface area contributed by atoms with Gasteiger partial charge in [0.05, 0.1) is 5.75 Å². The zero-order valence-electron chi connectivity index (χ0n) is 11.8. The molecule has 0 radical (unpaired) electrons. The molecule has 0 aromatic heterocycles. The van der Waals surface area contributed by atoms with Gasteiger partial charge in [0.1, 0.15) is 0 Å². The third-order valence-electron chi connectivity index (χ3n) is 3.51. The maximum absolute atomic E-state index is 12.2. The van der Waals surface area contributed by atoms with Gasteiger partial charge in [-0.2, -0.15) is 11.8 Å². The molecular formula is C14H25NO3S. The average molecular weight is 287 g/mol. The van der Waals surface area contributed by atoms with Crippen LogP contribution in [0.25, 0.3) is 0 Å². The number of hydrogen-bond acceptors (Lipinski definition) is 3. The van der Waals surface area contributed by atoms with Crippen molar-refractivity contribution < 1.29 is 14.7 Å². The third kappa shape index (κ3) is 6.32. The molecule has 19 heavy (non-hydrogen) atoms. The lowest BCUT2D eigenvalue weighted by atomic mass is 9.98. The highest BCUT2D eigenvalue weighted by Gasteiger charge is 2.26. The topological polar surface area (TPSA) is 57.6 Å². The Balaban J connectivity index is 2.37. The molecule has 0 saturated carbocycles. The normalized spacial score (nSPS) is 19.4. The lowest BCUT2D eigenvalue weighted by Crippen LogP contribution is -2.44. The molecule has 5 heteroatoms. The summed E-state index contributed by atoms with van der Waals surface area (Å²) in [5.41, 5.74) is 0. The minimum atomic E-state index is -0.768. The number of carboxylic acid groups (broad SMARTS) is 1. The summed E-state index contributed by atoms with van der Waals surface area (Å²) in [6.45, 7) is 2.95. The van der Waals surface area contributed by atoms with Gasteiger partial charge in [-0.25, -0.2) is 0 Å². The fraction of sp³-hybridized carbons (Fsp3) is 0.857. The van der Waals surface area contributed by atoms with Gasteiger partial charge >= 0.3 is 5.97 Å². The summed E-state index contributed by atoms with van der Waals surface area (Å²) in [6, 6.07) is 0.143. The monoisotopic (exact) mass is 287 g/mol. The first-order valence-electron chi connectivity index (χ1n) is 7.24. The second kappa shape index (κ2) is 9.23. The summed E-state index contributed by atoms with van der Waals surface area (Å²) < 4.78 is 0. The Morgan fingerprint density at radius 1 is 1.37 bits per heavy atom. The van der Waals surface area contributed by atoms with E-state index in [9.17, 15) is 9.59 Å². The molecule has 1 fully saturated rings. The van der Waals surface area contributed by atoms with Gasteiger partial charge in [0.25, 0.3) is 0 Å². The number of aliphatic carboxylic acids is 1. The van der Waals surface area contributed by atoms with E-state index in [0.717, 1.165) is 44.4 Å². The minimum Gasteiger partial charge on any atom is -0.481 e. The Kier molecular flexibility index (Phi) is 7.94. The Labute approximate surface area is 119 Å². The Bertz CT molecular complexity index is 296. The first-order valence-corrected chi connectivity index (χ1v) is 8.39. The number of unbranched alkanes of at least 4 members (excludes halogenated alkanes) is 1. The summed E-state index contributed by atoms with van der Waals surface area (Å²) in [5.74, 6) is 1.01. The van der Waals surface area contributed by atoms with E-state index in [0.29, 0.717) is 12.2 Å². The molecule has 0 aromatic rings. The van der Waals surface area contributed by atoms with E-state index >= 15 is 0 Å². The summed E-state index contributed by atoms with van der Waals surface area (Å²) in [5, 5.41) is 8.76. The molecule has 4 nitrogen and oxygen atoms in total. The summed E-state index contributed by atoms with van der Waals surface area (Å²) >= 11 is 1.70. The molecule has 1 amide bonds. The summed E-state index contributed by atoms with van der Waals surface area (Å²) in [6.07, 6.45) is 6.19. The van der Waals surface area contributed by atoms with Crippen molar-refractivity contribution in [2.24, 2.45) is 0 Å². The summed E-state index contributed by atoms with van der Waals surface area (Å²) in [7, 11) is 0. The van der Waals surface area contributed by atoms with Gasteiger partial charge in [-0.15, -0.1) is 0 Å². The average Bonchev–Trinajstić information content (AvgIpc) is 2.41. The van der Waals surface area contributed by atoms with Crippen molar-refractivity contribution in [2.45, 2.75) is 57.9 Å². The Hall–Kier alpha value is -0.710. The minimum absolute atomic E-state index is 0.143. The van der Waals surface area contributed by atoms with Crippen LogP contribution in [0.4, 0.5) is 0 Å². The quantitative estimate of drug-likeness (QED) is 0.697. The van der Waals surface area contributed by atoms with Gasteiger partial charge in [0, 0.05) is 19.0 Å². The van der Waals surface area contributed by atoms with Crippen LogP contribution in [0.15, 0.2) is 0 Å². The number of nitrogens with zero attached hydrogens (tertiary/aromatic N) is 1. The van der Waals surface area contributed by atoms with Gasteiger partial charge in [0.15, 0.2) is 0 Å². The fourth-order valence-corrected chi connectivity index (χ4v) is 3.39. The van der Waals surface area contributed by atoms with Crippen molar-refractivity contribution in [3.63, 3.8) is 0 Å². The lowest BCUT2D eigenvalue weighted by molar-refractivity contribution is -0.139. The van der Waals surface area contributed by atoms with Crippen LogP contribution in [0.1, 0.15) is 51.9 Å². The first kappa shape index (κ1) is 16.3. The van der Waals surface area contributed by atoms with Crippen molar-refractivity contribution in [3.05, 3.63) is 0 Å². The van der Waals surface area contributed by atoms with Crippen LogP contribution in [0.2, 0.25) is 0 Å². The Morgan fingerprint density at radius 2 is 2.16 bits per heavy atom. The maximum Gasteiger partial charge on any atom is 0.303 e. The van der Waals surface area contributed by atoms with Crippen molar-refractivity contribution in [1.82, 2.24) is 4.90 Å². The smallest absolute Gasteiger partial charge is 0.303 e. The molecule has 1 N–H and O–H groups in total. The molecule has 0 bridgehead atoms. The van der Waals surface area contributed by atoms with Gasteiger partial charge in [-0.1, -0.05) is 13.3 Å². The molecule has 1 aliphatic heterocycles. The van der Waals surface area contributed by atoms with Crippen LogP contribution in [0.3, 0.4) is 0 Å². The van der Waals surface area contributed by atoms with Crippen molar-refractivity contribution in [2.75, 3.05) is 18.1 Å². The molecule has 110 valence electrons. The Morgan fingerprint density at radius 3 is 2.84 bits per heavy atom. The van der Waals surface area contributed by atoms with E-state index in [2.05, 4.69) is 6.92 Å². The van der Waals surface area contributed by atoms with Gasteiger partial charge in [-0.3, -0.25) is 9.59 Å². The van der Waals surface area contributed by atoms with E-state index in [1.807, 2.05) is 4.90 Å². The van der Waals surface area contributed by atoms with E-state index in [1.165, 1.54) is 0 Å². The van der Waals surface area contributed by atoms with E-state index in [1.54, 1.807) is 11.8 Å². The molecule has 1 atom stereocenters. The number of hydrogen-bond donors (Lipinski definition) is 1. The number of amides is 1. The maximum atomic E-state index is 12.2. The standard InChI is InChI=1S/C14H25NO3S/c1-2-3-10-19-11-13(16)15-9-5-4-6-12(15)7-8-14(17)18/h12H,2-11H2,1H3,(H,17,18). The molecule has 0 aliphatic carbocycles. The van der Waals surface area contributed by atoms with Crippen molar-refractivity contribution >= 4 is 23.6 Å². The molecule has 1 heterocycles. The molecular weight excluding hydrogens is 262 g/mol. The second-order valence-corrected chi connectivity index (χ2v) is 6.18. The van der Waals surface area contributed by atoms with Crippen LogP contribution in [-0.4, -0.2) is 46.0 Å². The number of carbonyl (C=O) groups excluding carboxylic acids is 1. The zero-order chi connectivity index (χ0) is 14.1. The third-order valence-corrected chi connectivity index (χ3v) is 4.54. The molecule has 0 aromatic carbocycles. The molecule has 1 unspecified atom stereocenters. The number of carbonyl (C=O) groups is 2. The molecule has 1 rings (SSSR count). The largest absolute Gasteiger partial charge is 0.481 e. The number of likely N-dealkylation sites (tertiary alicyclic amines) is 1. The van der Waals surface area contributed by atoms with Gasteiger partial charge < -0.3 is 10.0 Å². The SMILES string of the molecule is CCCCSCC(=O)N1CCCCC1CCC(=O)O. The van der Waals surface area contributed by atoms with Gasteiger partial charge in [0.2, 0.25) is 5.91 Å². The summed E-state index contributed by atoms with van der Waals surface area (Å²) in [4.78, 5) is 24.8. The fourth-order valence-electron chi connectivity index (χ4n) is 2.41. The second-order valence-electron chi connectivity index (χ2n) is 5.08. The van der Waals surface area contributed by atoms with Crippen LogP contribution in [0.5, 0.6) is 0 Å². The number of rotatable bonds is 8. The van der Waals surface area contributed by atoms with Crippen LogP contribution < -0.4 is 0 Å².